The van der Waals surface area contributed by atoms with Crippen molar-refractivity contribution in [1.82, 2.24) is 20.4 Å². The van der Waals surface area contributed by atoms with Crippen molar-refractivity contribution in [2.75, 3.05) is 7.05 Å². The minimum Gasteiger partial charge on any atom is -0.359 e. The third kappa shape index (κ3) is 5.00. The highest BCUT2D eigenvalue weighted by molar-refractivity contribution is 5.92. The molecule has 1 N–H and O–H groups in total. The van der Waals surface area contributed by atoms with Gasteiger partial charge in [-0.25, -0.2) is 0 Å². The Hall–Kier alpha value is -2.99. The number of aromatic nitrogens is 2. The second kappa shape index (κ2) is 8.40. The van der Waals surface area contributed by atoms with E-state index in [0.717, 1.165) is 17.9 Å². The van der Waals surface area contributed by atoms with E-state index < -0.39 is 0 Å². The number of hydrogen-bond donors (Lipinski definition) is 1. The van der Waals surface area contributed by atoms with Crippen LogP contribution in [0.3, 0.4) is 0 Å². The summed E-state index contributed by atoms with van der Waals surface area (Å²) in [7, 11) is 2.00. The van der Waals surface area contributed by atoms with Crippen LogP contribution in [0.2, 0.25) is 0 Å². The van der Waals surface area contributed by atoms with Gasteiger partial charge in [0.25, 0.3) is 5.91 Å². The molecule has 6 heteroatoms. The largest absolute Gasteiger partial charge is 0.359 e. The fourth-order valence-electron chi connectivity index (χ4n) is 2.67. The summed E-state index contributed by atoms with van der Waals surface area (Å²) in [5.74, 6) is 0.385. The lowest BCUT2D eigenvalue weighted by Crippen LogP contribution is -2.23. The van der Waals surface area contributed by atoms with Gasteiger partial charge in [-0.1, -0.05) is 41.6 Å². The van der Waals surface area contributed by atoms with Gasteiger partial charge in [-0.2, -0.15) is 0 Å². The summed E-state index contributed by atoms with van der Waals surface area (Å²) < 4.78 is 5.30. The number of nitrogens with one attached hydrogen (secondary N) is 1. The lowest BCUT2D eigenvalue weighted by molar-refractivity contribution is 0.0941. The molecule has 0 spiro atoms. The van der Waals surface area contributed by atoms with Gasteiger partial charge in [0.1, 0.15) is 0 Å². The summed E-state index contributed by atoms with van der Waals surface area (Å²) in [4.78, 5) is 18.7. The van der Waals surface area contributed by atoms with E-state index in [9.17, 15) is 4.79 Å². The molecule has 6 nitrogen and oxygen atoms in total. The van der Waals surface area contributed by atoms with Gasteiger partial charge in [-0.15, -0.1) is 0 Å². The fraction of sp³-hybridized carbons (Fsp3) is 0.250. The van der Waals surface area contributed by atoms with E-state index in [2.05, 4.69) is 32.5 Å². The lowest BCUT2D eigenvalue weighted by Gasteiger charge is -2.14. The number of hydrogen-bond acceptors (Lipinski definition) is 5. The molecule has 0 bridgehead atoms. The highest BCUT2D eigenvalue weighted by Crippen LogP contribution is 2.10. The Labute approximate surface area is 152 Å². The molecule has 0 atom stereocenters. The average molecular weight is 350 g/mol. The van der Waals surface area contributed by atoms with Crippen LogP contribution in [-0.2, 0) is 19.6 Å². The molecule has 0 unspecified atom stereocenters. The average Bonchev–Trinajstić information content (AvgIpc) is 3.09. The Bertz CT molecular complexity index is 861. The molecule has 0 aliphatic carbocycles. The molecule has 0 saturated heterocycles. The second-order valence-electron chi connectivity index (χ2n) is 6.29. The zero-order chi connectivity index (χ0) is 18.4. The van der Waals surface area contributed by atoms with Gasteiger partial charge in [0.15, 0.2) is 11.5 Å². The second-order valence-corrected chi connectivity index (χ2v) is 6.29. The first-order valence-electron chi connectivity index (χ1n) is 8.49. The third-order valence-corrected chi connectivity index (χ3v) is 3.89. The van der Waals surface area contributed by atoms with Crippen LogP contribution >= 0.6 is 0 Å². The van der Waals surface area contributed by atoms with E-state index in [4.69, 9.17) is 4.52 Å². The summed E-state index contributed by atoms with van der Waals surface area (Å²) in [6, 6.07) is 17.6. The standard InChI is InChI=1S/C20H22N4O2/c1-15-7-6-10-17(22-15)12-21-20(25)19-11-18(26-23-19)14-24(2)13-16-8-4-3-5-9-16/h3-11H,12-14H2,1-2H3,(H,21,25). The molecular formula is C20H22N4O2. The molecule has 3 rings (SSSR count). The predicted molar refractivity (Wildman–Crippen MR) is 98.3 cm³/mol. The highest BCUT2D eigenvalue weighted by atomic mass is 16.5. The molecule has 0 aliphatic rings. The van der Waals surface area contributed by atoms with Crippen molar-refractivity contribution in [3.63, 3.8) is 0 Å². The summed E-state index contributed by atoms with van der Waals surface area (Å²) >= 11 is 0. The van der Waals surface area contributed by atoms with E-state index >= 15 is 0 Å². The van der Waals surface area contributed by atoms with Gasteiger partial charge in [0.2, 0.25) is 0 Å². The minimum absolute atomic E-state index is 0.269. The third-order valence-electron chi connectivity index (χ3n) is 3.89. The van der Waals surface area contributed by atoms with Gasteiger partial charge in [0.05, 0.1) is 18.8 Å². The quantitative estimate of drug-likeness (QED) is 0.709. The fourth-order valence-corrected chi connectivity index (χ4v) is 2.67. The zero-order valence-corrected chi connectivity index (χ0v) is 15.0. The Kier molecular flexibility index (Phi) is 5.76. The molecule has 1 aromatic carbocycles. The van der Waals surface area contributed by atoms with Gasteiger partial charge >= 0.3 is 0 Å². The van der Waals surface area contributed by atoms with Crippen LogP contribution in [0.1, 0.15) is 33.2 Å². The highest BCUT2D eigenvalue weighted by Gasteiger charge is 2.14. The van der Waals surface area contributed by atoms with E-state index in [1.807, 2.05) is 50.4 Å². The van der Waals surface area contributed by atoms with Crippen LogP contribution in [0.5, 0.6) is 0 Å². The lowest BCUT2D eigenvalue weighted by atomic mass is 10.2. The van der Waals surface area contributed by atoms with Crippen LogP contribution in [0, 0.1) is 6.92 Å². The molecule has 2 aromatic heterocycles. The summed E-state index contributed by atoms with van der Waals surface area (Å²) in [6.45, 7) is 3.65. The molecule has 0 fully saturated rings. The Morgan fingerprint density at radius 3 is 2.69 bits per heavy atom. The van der Waals surface area contributed by atoms with Crippen LogP contribution in [0.15, 0.2) is 59.1 Å². The van der Waals surface area contributed by atoms with E-state index in [1.54, 1.807) is 6.07 Å². The Morgan fingerprint density at radius 1 is 1.12 bits per heavy atom. The maximum absolute atomic E-state index is 12.2. The van der Waals surface area contributed by atoms with E-state index in [0.29, 0.717) is 18.8 Å². The van der Waals surface area contributed by atoms with Crippen molar-refractivity contribution in [2.45, 2.75) is 26.6 Å². The summed E-state index contributed by atoms with van der Waals surface area (Å²) in [5, 5.41) is 6.68. The molecule has 0 aliphatic heterocycles. The zero-order valence-electron chi connectivity index (χ0n) is 15.0. The van der Waals surface area contributed by atoms with Crippen LogP contribution in [-0.4, -0.2) is 28.0 Å². The van der Waals surface area contributed by atoms with Gasteiger partial charge in [-0.05, 0) is 31.7 Å². The molecule has 2 heterocycles. The predicted octanol–water partition coefficient (Wildman–Crippen LogP) is 2.94. The Morgan fingerprint density at radius 2 is 1.92 bits per heavy atom. The van der Waals surface area contributed by atoms with Crippen LogP contribution in [0.4, 0.5) is 0 Å². The SMILES string of the molecule is Cc1cccc(CNC(=O)c2cc(CN(C)Cc3ccccc3)on2)n1. The van der Waals surface area contributed by atoms with Crippen molar-refractivity contribution in [3.8, 4) is 0 Å². The number of aryl methyl sites for hydroxylation is 1. The van der Waals surface area contributed by atoms with Crippen molar-refractivity contribution < 1.29 is 9.32 Å². The molecule has 26 heavy (non-hydrogen) atoms. The monoisotopic (exact) mass is 350 g/mol. The van der Waals surface area contributed by atoms with Crippen LogP contribution in [0.25, 0.3) is 0 Å². The molecule has 3 aromatic rings. The number of amides is 1. The van der Waals surface area contributed by atoms with E-state index in [-0.39, 0.29) is 11.6 Å². The summed E-state index contributed by atoms with van der Waals surface area (Å²) in [5.41, 5.74) is 3.23. The first-order valence-corrected chi connectivity index (χ1v) is 8.49. The number of pyridine rings is 1. The number of benzene rings is 1. The van der Waals surface area contributed by atoms with Crippen molar-refractivity contribution in [2.24, 2.45) is 0 Å². The first kappa shape index (κ1) is 17.8. The number of carbonyl (C=O) groups excluding carboxylic acids is 1. The van der Waals surface area contributed by atoms with Crippen molar-refractivity contribution in [1.29, 1.82) is 0 Å². The van der Waals surface area contributed by atoms with Gasteiger partial charge in [0, 0.05) is 18.3 Å². The summed E-state index contributed by atoms with van der Waals surface area (Å²) in [6.07, 6.45) is 0. The molecule has 1 amide bonds. The smallest absolute Gasteiger partial charge is 0.273 e. The minimum atomic E-state index is -0.269. The number of rotatable bonds is 7. The molecule has 0 radical (unpaired) electrons. The first-order chi connectivity index (χ1) is 12.6. The van der Waals surface area contributed by atoms with Gasteiger partial charge < -0.3 is 9.84 Å². The topological polar surface area (TPSA) is 71.3 Å². The van der Waals surface area contributed by atoms with Crippen molar-refractivity contribution >= 4 is 5.91 Å². The number of nitrogens with zero attached hydrogens (tertiary/aromatic N) is 3. The molecule has 134 valence electrons. The van der Waals surface area contributed by atoms with Gasteiger partial charge in [-0.3, -0.25) is 14.7 Å². The molecular weight excluding hydrogens is 328 g/mol. The van der Waals surface area contributed by atoms with Crippen molar-refractivity contribution in [3.05, 3.63) is 83.0 Å². The number of carbonyl (C=O) groups is 1. The van der Waals surface area contributed by atoms with E-state index in [1.165, 1.54) is 5.56 Å². The maximum Gasteiger partial charge on any atom is 0.273 e. The van der Waals surface area contributed by atoms with Crippen LogP contribution < -0.4 is 5.32 Å². The Balaban J connectivity index is 1.52. The normalized spacial score (nSPS) is 10.9. The molecule has 0 saturated carbocycles. The maximum atomic E-state index is 12.2.